The van der Waals surface area contributed by atoms with E-state index in [1.54, 1.807) is 6.20 Å². The van der Waals surface area contributed by atoms with Crippen molar-refractivity contribution < 1.29 is 0 Å². The smallest absolute Gasteiger partial charge is 0.126 e. The topological polar surface area (TPSA) is 24.9 Å². The first-order chi connectivity index (χ1) is 7.22. The maximum atomic E-state index is 5.76. The normalized spacial score (nSPS) is 12.5. The molecule has 0 saturated heterocycles. The Hall–Kier alpha value is -0.760. The van der Waals surface area contributed by atoms with Crippen LogP contribution in [0.1, 0.15) is 39.5 Å². The number of aromatic nitrogens is 1. The van der Waals surface area contributed by atoms with E-state index in [-0.39, 0.29) is 0 Å². The van der Waals surface area contributed by atoms with Crippen LogP contribution in [0.25, 0.3) is 0 Å². The molecule has 0 bridgehead atoms. The molecule has 0 fully saturated rings. The molecular formula is C12H19ClN2. The van der Waals surface area contributed by atoms with E-state index in [9.17, 15) is 0 Å². The number of nitrogens with zero attached hydrogens (tertiary/aromatic N) is 1. The summed E-state index contributed by atoms with van der Waals surface area (Å²) in [6.07, 6.45) is 6.71. The minimum absolute atomic E-state index is 0.477. The van der Waals surface area contributed by atoms with E-state index in [0.717, 1.165) is 5.82 Å². The summed E-state index contributed by atoms with van der Waals surface area (Å²) >= 11 is 5.76. The van der Waals surface area contributed by atoms with Crippen molar-refractivity contribution in [1.29, 1.82) is 0 Å². The molecule has 1 aromatic heterocycles. The molecule has 84 valence electrons. The zero-order chi connectivity index (χ0) is 11.1. The lowest BCUT2D eigenvalue weighted by Gasteiger charge is -2.13. The van der Waals surface area contributed by atoms with Crippen molar-refractivity contribution in [2.75, 3.05) is 5.32 Å². The Kier molecular flexibility index (Phi) is 5.48. The van der Waals surface area contributed by atoms with Crippen LogP contribution >= 0.6 is 11.6 Å². The van der Waals surface area contributed by atoms with Crippen LogP contribution in [0.2, 0.25) is 5.02 Å². The first-order valence-corrected chi connectivity index (χ1v) is 5.98. The van der Waals surface area contributed by atoms with Crippen LogP contribution in [-0.2, 0) is 0 Å². The van der Waals surface area contributed by atoms with Gasteiger partial charge in [-0.1, -0.05) is 37.8 Å². The molecule has 0 aliphatic carbocycles. The van der Waals surface area contributed by atoms with Gasteiger partial charge < -0.3 is 5.32 Å². The third-order valence-electron chi connectivity index (χ3n) is 2.36. The van der Waals surface area contributed by atoms with Crippen LogP contribution in [-0.4, -0.2) is 11.0 Å². The summed E-state index contributed by atoms with van der Waals surface area (Å²) in [6, 6.07) is 4.25. The highest BCUT2D eigenvalue weighted by molar-refractivity contribution is 6.30. The van der Waals surface area contributed by atoms with Gasteiger partial charge in [-0.15, -0.1) is 0 Å². The standard InChI is InChI=1S/C12H19ClN2/c1-3-4-5-6-10(2)15-12-8-7-11(13)9-14-12/h7-10H,3-6H2,1-2H3,(H,14,15). The molecule has 1 rings (SSSR count). The third kappa shape index (κ3) is 5.03. The monoisotopic (exact) mass is 226 g/mol. The van der Waals surface area contributed by atoms with Gasteiger partial charge in [0.05, 0.1) is 5.02 Å². The highest BCUT2D eigenvalue weighted by Gasteiger charge is 2.01. The number of anilines is 1. The summed E-state index contributed by atoms with van der Waals surface area (Å²) in [5.41, 5.74) is 0. The zero-order valence-corrected chi connectivity index (χ0v) is 10.2. The number of hydrogen-bond donors (Lipinski definition) is 1. The summed E-state index contributed by atoms with van der Waals surface area (Å²) in [6.45, 7) is 4.41. The van der Waals surface area contributed by atoms with Gasteiger partial charge in [-0.2, -0.15) is 0 Å². The Bertz CT molecular complexity index is 271. The zero-order valence-electron chi connectivity index (χ0n) is 9.46. The highest BCUT2D eigenvalue weighted by atomic mass is 35.5. The molecule has 0 amide bonds. The van der Waals surface area contributed by atoms with Crippen molar-refractivity contribution in [3.8, 4) is 0 Å². The summed E-state index contributed by atoms with van der Waals surface area (Å²) in [7, 11) is 0. The average molecular weight is 227 g/mol. The minimum Gasteiger partial charge on any atom is -0.368 e. The van der Waals surface area contributed by atoms with Gasteiger partial charge in [0.1, 0.15) is 5.82 Å². The number of halogens is 1. The van der Waals surface area contributed by atoms with Crippen LogP contribution in [0.3, 0.4) is 0 Å². The summed E-state index contributed by atoms with van der Waals surface area (Å²) < 4.78 is 0. The van der Waals surface area contributed by atoms with E-state index >= 15 is 0 Å². The van der Waals surface area contributed by atoms with Crippen LogP contribution in [0, 0.1) is 0 Å². The first kappa shape index (κ1) is 12.3. The van der Waals surface area contributed by atoms with Gasteiger partial charge in [-0.3, -0.25) is 0 Å². The van der Waals surface area contributed by atoms with Crippen LogP contribution in [0.15, 0.2) is 18.3 Å². The maximum Gasteiger partial charge on any atom is 0.126 e. The fourth-order valence-electron chi connectivity index (χ4n) is 1.49. The van der Waals surface area contributed by atoms with Crippen molar-refractivity contribution in [3.63, 3.8) is 0 Å². The van der Waals surface area contributed by atoms with Crippen molar-refractivity contribution in [1.82, 2.24) is 4.98 Å². The van der Waals surface area contributed by atoms with Crippen LogP contribution in [0.5, 0.6) is 0 Å². The molecule has 0 aliphatic heterocycles. The molecule has 1 N–H and O–H groups in total. The van der Waals surface area contributed by atoms with Gasteiger partial charge in [0.25, 0.3) is 0 Å². The lowest BCUT2D eigenvalue weighted by atomic mass is 10.1. The molecule has 0 saturated carbocycles. The molecular weight excluding hydrogens is 208 g/mol. The van der Waals surface area contributed by atoms with Gasteiger partial charge in [0, 0.05) is 12.2 Å². The maximum absolute atomic E-state index is 5.76. The van der Waals surface area contributed by atoms with E-state index in [1.165, 1.54) is 25.7 Å². The van der Waals surface area contributed by atoms with E-state index in [0.29, 0.717) is 11.1 Å². The van der Waals surface area contributed by atoms with E-state index < -0.39 is 0 Å². The molecule has 1 aromatic rings. The lowest BCUT2D eigenvalue weighted by molar-refractivity contribution is 0.614. The molecule has 0 radical (unpaired) electrons. The van der Waals surface area contributed by atoms with Crippen LogP contribution in [0.4, 0.5) is 5.82 Å². The van der Waals surface area contributed by atoms with Gasteiger partial charge >= 0.3 is 0 Å². The highest BCUT2D eigenvalue weighted by Crippen LogP contribution is 2.12. The van der Waals surface area contributed by atoms with E-state index in [1.807, 2.05) is 12.1 Å². The van der Waals surface area contributed by atoms with Gasteiger partial charge in [-0.25, -0.2) is 4.98 Å². The van der Waals surface area contributed by atoms with Crippen LogP contribution < -0.4 is 5.32 Å². The predicted octanol–water partition coefficient (Wildman–Crippen LogP) is 4.12. The van der Waals surface area contributed by atoms with Gasteiger partial charge in [0.2, 0.25) is 0 Å². The molecule has 1 heterocycles. The molecule has 3 heteroatoms. The number of nitrogens with one attached hydrogen (secondary N) is 1. The molecule has 1 atom stereocenters. The molecule has 15 heavy (non-hydrogen) atoms. The molecule has 0 spiro atoms. The van der Waals surface area contributed by atoms with Gasteiger partial charge in [-0.05, 0) is 25.5 Å². The average Bonchev–Trinajstić information content (AvgIpc) is 2.22. The quantitative estimate of drug-likeness (QED) is 0.739. The second-order valence-electron chi connectivity index (χ2n) is 3.90. The predicted molar refractivity (Wildman–Crippen MR) is 66.5 cm³/mol. The van der Waals surface area contributed by atoms with E-state index in [4.69, 9.17) is 11.6 Å². The fraction of sp³-hybridized carbons (Fsp3) is 0.583. The molecule has 0 aliphatic rings. The van der Waals surface area contributed by atoms with Gasteiger partial charge in [0.15, 0.2) is 0 Å². The van der Waals surface area contributed by atoms with Crippen molar-refractivity contribution in [3.05, 3.63) is 23.4 Å². The minimum atomic E-state index is 0.477. The number of hydrogen-bond acceptors (Lipinski definition) is 2. The summed E-state index contributed by atoms with van der Waals surface area (Å²) in [5, 5.41) is 4.04. The Labute approximate surface area is 97.1 Å². The van der Waals surface area contributed by atoms with Crippen molar-refractivity contribution >= 4 is 17.4 Å². The number of pyridine rings is 1. The second-order valence-corrected chi connectivity index (χ2v) is 4.34. The Morgan fingerprint density at radius 3 is 2.80 bits per heavy atom. The molecule has 1 unspecified atom stereocenters. The summed E-state index contributed by atoms with van der Waals surface area (Å²) in [4.78, 5) is 4.20. The molecule has 0 aromatic carbocycles. The van der Waals surface area contributed by atoms with Crippen molar-refractivity contribution in [2.45, 2.75) is 45.6 Å². The van der Waals surface area contributed by atoms with E-state index in [2.05, 4.69) is 24.1 Å². The SMILES string of the molecule is CCCCCC(C)Nc1ccc(Cl)cn1. The Morgan fingerprint density at radius 2 is 2.20 bits per heavy atom. The lowest BCUT2D eigenvalue weighted by Crippen LogP contribution is -2.15. The summed E-state index contributed by atoms with van der Waals surface area (Å²) in [5.74, 6) is 0.906. The third-order valence-corrected chi connectivity index (χ3v) is 2.59. The Morgan fingerprint density at radius 1 is 1.40 bits per heavy atom. The Balaban J connectivity index is 2.31. The fourth-order valence-corrected chi connectivity index (χ4v) is 1.60. The first-order valence-electron chi connectivity index (χ1n) is 5.60. The molecule has 2 nitrogen and oxygen atoms in total. The number of rotatable bonds is 6. The van der Waals surface area contributed by atoms with Crippen molar-refractivity contribution in [2.24, 2.45) is 0 Å². The second kappa shape index (κ2) is 6.67. The largest absolute Gasteiger partial charge is 0.368 e. The number of unbranched alkanes of at least 4 members (excludes halogenated alkanes) is 2.